The predicted molar refractivity (Wildman–Crippen MR) is 138 cm³/mol. The highest BCUT2D eigenvalue weighted by Crippen LogP contribution is 2.39. The molecule has 34 heavy (non-hydrogen) atoms. The standard InChI is InChI=1S/C25H27BrN2O4S2/c1-18-5-3-4-6-21(18)25-22-12-16-33-23(22)11-13-28(25)24(29)17-27(14-15-32-2)34(30,31)20-9-7-19(26)8-10-20/h3-10,12,16,25H,11,13-15,17H2,1-2H3. The van der Waals surface area contributed by atoms with Gasteiger partial charge < -0.3 is 9.64 Å². The smallest absolute Gasteiger partial charge is 0.243 e. The zero-order chi connectivity index (χ0) is 24.3. The van der Waals surface area contributed by atoms with Crippen LogP contribution >= 0.6 is 27.3 Å². The summed E-state index contributed by atoms with van der Waals surface area (Å²) in [5.74, 6) is -0.220. The number of sulfonamides is 1. The molecule has 0 fully saturated rings. The molecule has 0 spiro atoms. The Morgan fingerprint density at radius 3 is 2.59 bits per heavy atom. The Bertz CT molecular complexity index is 1260. The van der Waals surface area contributed by atoms with Crippen molar-refractivity contribution in [3.05, 3.63) is 86.0 Å². The van der Waals surface area contributed by atoms with E-state index in [0.717, 1.165) is 27.6 Å². The summed E-state index contributed by atoms with van der Waals surface area (Å²) in [7, 11) is -2.36. The van der Waals surface area contributed by atoms with Gasteiger partial charge in [-0.15, -0.1) is 11.3 Å². The van der Waals surface area contributed by atoms with E-state index in [1.807, 2.05) is 36.1 Å². The van der Waals surface area contributed by atoms with Crippen LogP contribution in [0, 0.1) is 6.92 Å². The van der Waals surface area contributed by atoms with Crippen LogP contribution in [0.3, 0.4) is 0 Å². The van der Waals surface area contributed by atoms with Gasteiger partial charge in [0, 0.05) is 29.5 Å². The van der Waals surface area contributed by atoms with Gasteiger partial charge in [-0.3, -0.25) is 4.79 Å². The first-order valence-corrected chi connectivity index (χ1v) is 14.1. The van der Waals surface area contributed by atoms with Crippen LogP contribution < -0.4 is 0 Å². The van der Waals surface area contributed by atoms with Crippen LogP contribution in [0.5, 0.6) is 0 Å². The molecular weight excluding hydrogens is 536 g/mol. The monoisotopic (exact) mass is 562 g/mol. The molecule has 1 unspecified atom stereocenters. The third-order valence-corrected chi connectivity index (χ3v) is 9.46. The Kier molecular flexibility index (Phi) is 7.89. The number of aryl methyl sites for hydroxylation is 1. The van der Waals surface area contributed by atoms with Crippen molar-refractivity contribution in [2.75, 3.05) is 33.4 Å². The molecule has 4 rings (SSSR count). The van der Waals surface area contributed by atoms with Gasteiger partial charge >= 0.3 is 0 Å². The lowest BCUT2D eigenvalue weighted by Crippen LogP contribution is -2.47. The topological polar surface area (TPSA) is 66.9 Å². The number of nitrogens with zero attached hydrogens (tertiary/aromatic N) is 2. The Balaban J connectivity index is 1.66. The predicted octanol–water partition coefficient (Wildman–Crippen LogP) is 4.63. The van der Waals surface area contributed by atoms with Gasteiger partial charge in [0.1, 0.15) is 0 Å². The van der Waals surface area contributed by atoms with Crippen LogP contribution in [0.15, 0.2) is 69.3 Å². The molecule has 1 amide bonds. The number of fused-ring (bicyclic) bond motifs is 1. The summed E-state index contributed by atoms with van der Waals surface area (Å²) in [4.78, 5) is 17.0. The van der Waals surface area contributed by atoms with E-state index in [9.17, 15) is 13.2 Å². The fourth-order valence-corrected chi connectivity index (χ4v) is 6.83. The molecule has 2 heterocycles. The Morgan fingerprint density at radius 2 is 1.88 bits per heavy atom. The maximum absolute atomic E-state index is 13.7. The van der Waals surface area contributed by atoms with Crippen LogP contribution in [0.2, 0.25) is 0 Å². The summed E-state index contributed by atoms with van der Waals surface area (Å²) in [6.07, 6.45) is 0.763. The molecule has 3 aromatic rings. The molecule has 9 heteroatoms. The molecule has 2 aromatic carbocycles. The molecule has 1 aliphatic rings. The second kappa shape index (κ2) is 10.7. The van der Waals surface area contributed by atoms with Crippen molar-refractivity contribution >= 4 is 43.2 Å². The summed E-state index contributed by atoms with van der Waals surface area (Å²) < 4.78 is 34.0. The largest absolute Gasteiger partial charge is 0.383 e. The number of rotatable bonds is 8. The molecule has 1 aliphatic heterocycles. The first-order chi connectivity index (χ1) is 16.3. The van der Waals surface area contributed by atoms with Crippen molar-refractivity contribution < 1.29 is 17.9 Å². The number of hydrogen-bond acceptors (Lipinski definition) is 5. The van der Waals surface area contributed by atoms with Gasteiger partial charge in [0.05, 0.1) is 24.1 Å². The van der Waals surface area contributed by atoms with E-state index in [0.29, 0.717) is 6.54 Å². The number of ether oxygens (including phenoxy) is 1. The fourth-order valence-electron chi connectivity index (χ4n) is 4.29. The van der Waals surface area contributed by atoms with Crippen molar-refractivity contribution in [1.29, 1.82) is 0 Å². The lowest BCUT2D eigenvalue weighted by atomic mass is 9.90. The lowest BCUT2D eigenvalue weighted by molar-refractivity contribution is -0.133. The minimum atomic E-state index is -3.88. The van der Waals surface area contributed by atoms with Gasteiger partial charge in [0.15, 0.2) is 0 Å². The number of carbonyl (C=O) groups excluding carboxylic acids is 1. The summed E-state index contributed by atoms with van der Waals surface area (Å²) >= 11 is 5.05. The van der Waals surface area contributed by atoms with Crippen molar-refractivity contribution in [2.24, 2.45) is 0 Å². The SMILES string of the molecule is COCCN(CC(=O)N1CCc2sccc2C1c1ccccc1C)S(=O)(=O)c1ccc(Br)cc1. The van der Waals surface area contributed by atoms with E-state index < -0.39 is 10.0 Å². The third-order valence-electron chi connectivity index (χ3n) is 6.08. The average molecular weight is 564 g/mol. The number of thiophene rings is 1. The second-order valence-electron chi connectivity index (χ2n) is 8.18. The number of hydrogen-bond donors (Lipinski definition) is 0. The minimum Gasteiger partial charge on any atom is -0.383 e. The maximum Gasteiger partial charge on any atom is 0.243 e. The summed E-state index contributed by atoms with van der Waals surface area (Å²) in [5.41, 5.74) is 3.29. The van der Waals surface area contributed by atoms with Crippen LogP contribution in [-0.2, 0) is 26.0 Å². The highest BCUT2D eigenvalue weighted by molar-refractivity contribution is 9.10. The van der Waals surface area contributed by atoms with Gasteiger partial charge in [-0.1, -0.05) is 40.2 Å². The summed E-state index contributed by atoms with van der Waals surface area (Å²) in [6, 6.07) is 16.3. The Labute approximate surface area is 213 Å². The summed E-state index contributed by atoms with van der Waals surface area (Å²) in [5, 5.41) is 2.06. The van der Waals surface area contributed by atoms with Gasteiger partial charge in [0.25, 0.3) is 0 Å². The van der Waals surface area contributed by atoms with Crippen LogP contribution in [0.4, 0.5) is 0 Å². The number of methoxy groups -OCH3 is 1. The Morgan fingerprint density at radius 1 is 1.15 bits per heavy atom. The van der Waals surface area contributed by atoms with Gasteiger partial charge in [0.2, 0.25) is 15.9 Å². The van der Waals surface area contributed by atoms with Crippen LogP contribution in [0.25, 0.3) is 0 Å². The number of benzene rings is 2. The van der Waals surface area contributed by atoms with Crippen molar-refractivity contribution in [2.45, 2.75) is 24.3 Å². The Hall–Kier alpha value is -2.04. The highest BCUT2D eigenvalue weighted by Gasteiger charge is 2.36. The normalized spacial score (nSPS) is 16.0. The van der Waals surface area contributed by atoms with Gasteiger partial charge in [-0.25, -0.2) is 8.42 Å². The second-order valence-corrected chi connectivity index (χ2v) is 12.0. The van der Waals surface area contributed by atoms with E-state index in [-0.39, 0.29) is 36.5 Å². The fraction of sp³-hybridized carbons (Fsp3) is 0.320. The van der Waals surface area contributed by atoms with E-state index in [2.05, 4.69) is 27.4 Å². The molecule has 0 saturated carbocycles. The van der Waals surface area contributed by atoms with Crippen molar-refractivity contribution in [1.82, 2.24) is 9.21 Å². The zero-order valence-corrected chi connectivity index (χ0v) is 22.3. The van der Waals surface area contributed by atoms with E-state index in [1.165, 1.54) is 16.3 Å². The van der Waals surface area contributed by atoms with E-state index >= 15 is 0 Å². The van der Waals surface area contributed by atoms with Crippen molar-refractivity contribution in [3.8, 4) is 0 Å². The summed E-state index contributed by atoms with van der Waals surface area (Å²) in [6.45, 7) is 2.62. The van der Waals surface area contributed by atoms with Crippen LogP contribution in [0.1, 0.15) is 27.6 Å². The molecule has 0 N–H and O–H groups in total. The van der Waals surface area contributed by atoms with Gasteiger partial charge in [-0.05, 0) is 65.7 Å². The average Bonchev–Trinajstić information content (AvgIpc) is 3.30. The molecule has 1 aromatic heterocycles. The molecule has 0 bridgehead atoms. The zero-order valence-electron chi connectivity index (χ0n) is 19.1. The lowest BCUT2D eigenvalue weighted by Gasteiger charge is -2.38. The van der Waals surface area contributed by atoms with E-state index in [1.54, 1.807) is 35.6 Å². The van der Waals surface area contributed by atoms with Crippen molar-refractivity contribution in [3.63, 3.8) is 0 Å². The number of halogens is 1. The molecule has 6 nitrogen and oxygen atoms in total. The quantitative estimate of drug-likeness (QED) is 0.401. The molecule has 0 radical (unpaired) electrons. The third kappa shape index (κ3) is 5.13. The highest BCUT2D eigenvalue weighted by atomic mass is 79.9. The number of carbonyl (C=O) groups is 1. The molecule has 0 aliphatic carbocycles. The minimum absolute atomic E-state index is 0.0905. The number of amides is 1. The van der Waals surface area contributed by atoms with E-state index in [4.69, 9.17) is 4.74 Å². The first kappa shape index (κ1) is 25.1. The molecule has 1 atom stereocenters. The molecule has 0 saturated heterocycles. The molecule has 180 valence electrons. The molecular formula is C25H27BrN2O4S2. The van der Waals surface area contributed by atoms with Crippen LogP contribution in [-0.4, -0.2) is 56.9 Å². The van der Waals surface area contributed by atoms with Gasteiger partial charge in [-0.2, -0.15) is 4.31 Å². The maximum atomic E-state index is 13.7. The first-order valence-electron chi connectivity index (χ1n) is 11.0.